The summed E-state index contributed by atoms with van der Waals surface area (Å²) in [5.41, 5.74) is 5.78. The molecule has 1 amide bonds. The predicted octanol–water partition coefficient (Wildman–Crippen LogP) is -0.544. The number of carbonyl (C=O) groups excluding carboxylic acids is 1. The van der Waals surface area contributed by atoms with Crippen LogP contribution in [0.4, 0.5) is 0 Å². The summed E-state index contributed by atoms with van der Waals surface area (Å²) in [6, 6.07) is 0.0871. The number of aliphatic hydroxyl groups is 1. The maximum absolute atomic E-state index is 11.7. The molecule has 5 N–H and O–H groups in total. The molecule has 0 radical (unpaired) electrons. The minimum atomic E-state index is -1.41. The molecule has 3 atom stereocenters. The van der Waals surface area contributed by atoms with E-state index < -0.39 is 12.1 Å². The van der Waals surface area contributed by atoms with E-state index in [-0.39, 0.29) is 30.8 Å². The van der Waals surface area contributed by atoms with Gasteiger partial charge in [-0.15, -0.1) is 0 Å². The van der Waals surface area contributed by atoms with Gasteiger partial charge in [-0.25, -0.2) is 4.79 Å². The lowest BCUT2D eigenvalue weighted by Crippen LogP contribution is -2.39. The fraction of sp³-hybridized carbons (Fsp3) is 0.818. The van der Waals surface area contributed by atoms with Crippen LogP contribution in [0, 0.1) is 5.92 Å². The highest BCUT2D eigenvalue weighted by Gasteiger charge is 2.25. The van der Waals surface area contributed by atoms with E-state index in [9.17, 15) is 9.59 Å². The molecule has 6 nitrogen and oxygen atoms in total. The van der Waals surface area contributed by atoms with E-state index in [1.54, 1.807) is 0 Å². The molecule has 0 bridgehead atoms. The van der Waals surface area contributed by atoms with Crippen molar-refractivity contribution >= 4 is 11.9 Å². The van der Waals surface area contributed by atoms with E-state index in [0.29, 0.717) is 6.42 Å². The second kappa shape index (κ2) is 6.56. The van der Waals surface area contributed by atoms with Crippen molar-refractivity contribution in [3.8, 4) is 0 Å². The zero-order valence-electron chi connectivity index (χ0n) is 9.76. The van der Waals surface area contributed by atoms with E-state index in [1.807, 2.05) is 0 Å². The van der Waals surface area contributed by atoms with E-state index in [0.717, 1.165) is 19.3 Å². The van der Waals surface area contributed by atoms with Crippen LogP contribution >= 0.6 is 0 Å². The van der Waals surface area contributed by atoms with Gasteiger partial charge in [-0.2, -0.15) is 0 Å². The number of carboxylic acids is 1. The van der Waals surface area contributed by atoms with Crippen LogP contribution in [0.25, 0.3) is 0 Å². The van der Waals surface area contributed by atoms with E-state index >= 15 is 0 Å². The zero-order valence-corrected chi connectivity index (χ0v) is 9.76. The smallest absolute Gasteiger partial charge is 0.332 e. The number of carboxylic acid groups (broad SMARTS) is 1. The Morgan fingerprint density at radius 3 is 2.71 bits per heavy atom. The Morgan fingerprint density at radius 1 is 1.41 bits per heavy atom. The first kappa shape index (κ1) is 13.9. The van der Waals surface area contributed by atoms with Gasteiger partial charge >= 0.3 is 5.97 Å². The Hall–Kier alpha value is -1.14. The Kier molecular flexibility index (Phi) is 5.37. The number of hydrogen-bond acceptors (Lipinski definition) is 4. The number of hydrogen-bond donors (Lipinski definition) is 4. The lowest BCUT2D eigenvalue weighted by Gasteiger charge is -2.25. The fourth-order valence-electron chi connectivity index (χ4n) is 2.07. The summed E-state index contributed by atoms with van der Waals surface area (Å²) in [4.78, 5) is 22.0. The first-order chi connectivity index (χ1) is 8.00. The van der Waals surface area contributed by atoms with Crippen LogP contribution in [0.3, 0.4) is 0 Å². The average molecular weight is 244 g/mol. The average Bonchev–Trinajstić information content (AvgIpc) is 2.28. The van der Waals surface area contributed by atoms with Gasteiger partial charge in [0.25, 0.3) is 0 Å². The highest BCUT2D eigenvalue weighted by Crippen LogP contribution is 2.22. The van der Waals surface area contributed by atoms with Crippen LogP contribution in [0.1, 0.15) is 32.1 Å². The van der Waals surface area contributed by atoms with Gasteiger partial charge in [0.05, 0.1) is 0 Å². The second-order valence-corrected chi connectivity index (χ2v) is 4.56. The van der Waals surface area contributed by atoms with Crippen molar-refractivity contribution in [2.75, 3.05) is 6.54 Å². The highest BCUT2D eigenvalue weighted by atomic mass is 16.4. The molecule has 1 aliphatic carbocycles. The monoisotopic (exact) mass is 244 g/mol. The molecule has 98 valence electrons. The molecule has 1 fully saturated rings. The molecule has 1 aliphatic rings. The number of aliphatic hydroxyl groups excluding tert-OH is 1. The van der Waals surface area contributed by atoms with Gasteiger partial charge in [0.1, 0.15) is 0 Å². The summed E-state index contributed by atoms with van der Waals surface area (Å²) in [6.45, 7) is 0.179. The fourth-order valence-corrected chi connectivity index (χ4v) is 2.07. The largest absolute Gasteiger partial charge is 0.479 e. The first-order valence-corrected chi connectivity index (χ1v) is 5.95. The lowest BCUT2D eigenvalue weighted by atomic mass is 9.85. The third-order valence-corrected chi connectivity index (χ3v) is 3.09. The molecule has 0 aromatic heterocycles. The molecule has 2 unspecified atom stereocenters. The summed E-state index contributed by atoms with van der Waals surface area (Å²) in [6.07, 6.45) is 2.05. The number of nitrogens with two attached hydrogens (primary N) is 1. The van der Waals surface area contributed by atoms with Crippen LogP contribution in [-0.2, 0) is 9.59 Å². The van der Waals surface area contributed by atoms with Crippen LogP contribution < -0.4 is 11.1 Å². The number of amides is 1. The quantitative estimate of drug-likeness (QED) is 0.518. The van der Waals surface area contributed by atoms with Crippen molar-refractivity contribution in [1.82, 2.24) is 5.32 Å². The van der Waals surface area contributed by atoms with Gasteiger partial charge in [-0.1, -0.05) is 6.42 Å². The lowest BCUT2D eigenvalue weighted by molar-refractivity contribution is -0.147. The maximum atomic E-state index is 11.7. The Balaban J connectivity index is 2.22. The summed E-state index contributed by atoms with van der Waals surface area (Å²) in [5.74, 6) is -1.42. The molecule has 0 aromatic rings. The van der Waals surface area contributed by atoms with Crippen molar-refractivity contribution < 1.29 is 19.8 Å². The molecule has 0 spiro atoms. The van der Waals surface area contributed by atoms with Crippen LogP contribution in [-0.4, -0.2) is 40.8 Å². The Labute approximate surface area is 100 Å². The molecule has 1 saturated carbocycles. The molecule has 0 saturated heterocycles. The van der Waals surface area contributed by atoms with E-state index in [4.69, 9.17) is 15.9 Å². The van der Waals surface area contributed by atoms with Crippen molar-refractivity contribution in [3.63, 3.8) is 0 Å². The molecule has 0 aromatic carbocycles. The van der Waals surface area contributed by atoms with Gasteiger partial charge in [0, 0.05) is 24.9 Å². The van der Waals surface area contributed by atoms with E-state index in [1.165, 1.54) is 0 Å². The van der Waals surface area contributed by atoms with Crippen LogP contribution in [0.5, 0.6) is 0 Å². The molecule has 17 heavy (non-hydrogen) atoms. The molecule has 0 aliphatic heterocycles. The third kappa shape index (κ3) is 4.70. The van der Waals surface area contributed by atoms with Gasteiger partial charge < -0.3 is 21.3 Å². The van der Waals surface area contributed by atoms with Crippen LogP contribution in [0.2, 0.25) is 0 Å². The summed E-state index contributed by atoms with van der Waals surface area (Å²) in [7, 11) is 0. The van der Waals surface area contributed by atoms with Crippen molar-refractivity contribution in [2.45, 2.75) is 44.2 Å². The summed E-state index contributed by atoms with van der Waals surface area (Å²) in [5, 5.41) is 20.1. The normalized spacial score (nSPS) is 26.2. The maximum Gasteiger partial charge on any atom is 0.332 e. The highest BCUT2D eigenvalue weighted by molar-refractivity contribution is 5.79. The second-order valence-electron chi connectivity index (χ2n) is 4.56. The van der Waals surface area contributed by atoms with Crippen molar-refractivity contribution in [2.24, 2.45) is 11.7 Å². The minimum absolute atomic E-state index is 0.0276. The van der Waals surface area contributed by atoms with Gasteiger partial charge in [-0.05, 0) is 19.3 Å². The van der Waals surface area contributed by atoms with Gasteiger partial charge in [0.15, 0.2) is 6.10 Å². The number of aliphatic carboxylic acids is 1. The standard InChI is InChI=1S/C11H20N2O4/c12-8-3-1-2-7(6-8)10(15)13-5-4-9(14)11(16)17/h7-9,14H,1-6,12H2,(H,13,15)(H,16,17)/t7?,8?,9-/m0/s1. The predicted molar refractivity (Wildman–Crippen MR) is 61.2 cm³/mol. The molecule has 1 rings (SSSR count). The molecule has 0 heterocycles. The zero-order chi connectivity index (χ0) is 12.8. The minimum Gasteiger partial charge on any atom is -0.479 e. The molecule has 6 heteroatoms. The van der Waals surface area contributed by atoms with Crippen molar-refractivity contribution in [1.29, 1.82) is 0 Å². The van der Waals surface area contributed by atoms with Crippen molar-refractivity contribution in [3.05, 3.63) is 0 Å². The third-order valence-electron chi connectivity index (χ3n) is 3.09. The Morgan fingerprint density at radius 2 is 2.12 bits per heavy atom. The van der Waals surface area contributed by atoms with Gasteiger partial charge in [-0.3, -0.25) is 4.79 Å². The molecular weight excluding hydrogens is 224 g/mol. The topological polar surface area (TPSA) is 113 Å². The van der Waals surface area contributed by atoms with Crippen LogP contribution in [0.15, 0.2) is 0 Å². The summed E-state index contributed by atoms with van der Waals surface area (Å²) >= 11 is 0. The van der Waals surface area contributed by atoms with E-state index in [2.05, 4.69) is 5.32 Å². The Bertz CT molecular complexity index is 283. The SMILES string of the molecule is NC1CCCC(C(=O)NCC[C@H](O)C(=O)O)C1. The number of nitrogens with one attached hydrogen (secondary N) is 1. The first-order valence-electron chi connectivity index (χ1n) is 5.95. The molecular formula is C11H20N2O4. The van der Waals surface area contributed by atoms with Gasteiger partial charge in [0.2, 0.25) is 5.91 Å². The number of rotatable bonds is 5. The number of carbonyl (C=O) groups is 2. The summed E-state index contributed by atoms with van der Waals surface area (Å²) < 4.78 is 0.